The Kier molecular flexibility index (Phi) is 8.58. The fourth-order valence-corrected chi connectivity index (χ4v) is 2.20. The maximum Gasteiger partial charge on any atom is 0.164 e. The van der Waals surface area contributed by atoms with E-state index in [1.54, 1.807) is 0 Å². The number of thiol groups is 1. The van der Waals surface area contributed by atoms with Gasteiger partial charge in [-0.2, -0.15) is 0 Å². The van der Waals surface area contributed by atoms with Gasteiger partial charge in [0.25, 0.3) is 0 Å². The molecule has 15 heavy (non-hydrogen) atoms. The van der Waals surface area contributed by atoms with Gasteiger partial charge in [0.05, 0.1) is 0 Å². The summed E-state index contributed by atoms with van der Waals surface area (Å²) in [5.74, 6) is 0.376. The van der Waals surface area contributed by atoms with Crippen LogP contribution >= 0.6 is 12.6 Å². The van der Waals surface area contributed by atoms with Crippen molar-refractivity contribution < 1.29 is 4.74 Å². The quantitative estimate of drug-likeness (QED) is 0.472. The number of hydrogen-bond donors (Lipinski definition) is 2. The molecule has 0 rings (SSSR count). The molecule has 2 nitrogen and oxygen atoms in total. The maximum atomic E-state index is 6.10. The van der Waals surface area contributed by atoms with E-state index in [-0.39, 0.29) is 0 Å². The summed E-state index contributed by atoms with van der Waals surface area (Å²) in [6.07, 6.45) is 7.08. The Hall–Kier alpha value is 0.270. The molecule has 0 saturated carbocycles. The third-order valence-electron chi connectivity index (χ3n) is 2.77. The number of nitrogens with two attached hydrogens (primary N) is 1. The van der Waals surface area contributed by atoms with Crippen molar-refractivity contribution in [2.75, 3.05) is 6.61 Å². The normalized spacial score (nSPS) is 15.6. The summed E-state index contributed by atoms with van der Waals surface area (Å²) >= 11 is 4.46. The Labute approximate surface area is 100 Å². The van der Waals surface area contributed by atoms with Crippen molar-refractivity contribution in [1.82, 2.24) is 0 Å². The lowest BCUT2D eigenvalue weighted by molar-refractivity contribution is -0.0102. The van der Waals surface area contributed by atoms with Crippen LogP contribution < -0.4 is 5.73 Å². The second kappa shape index (κ2) is 8.43. The first kappa shape index (κ1) is 15.3. The number of rotatable bonds is 9. The summed E-state index contributed by atoms with van der Waals surface area (Å²) in [6, 6.07) is 0. The Bertz CT molecular complexity index is 143. The molecule has 0 fully saturated rings. The zero-order valence-corrected chi connectivity index (χ0v) is 11.4. The molecule has 0 bridgehead atoms. The molecule has 92 valence electrons. The second-order valence-electron chi connectivity index (χ2n) is 4.17. The van der Waals surface area contributed by atoms with Crippen molar-refractivity contribution in [1.29, 1.82) is 0 Å². The molecular weight excluding hydrogens is 206 g/mol. The van der Waals surface area contributed by atoms with E-state index in [0.29, 0.717) is 12.5 Å². The van der Waals surface area contributed by atoms with Gasteiger partial charge in [-0.15, -0.1) is 12.6 Å². The fourth-order valence-electron chi connectivity index (χ4n) is 1.81. The number of ether oxygens (including phenoxy) is 1. The van der Waals surface area contributed by atoms with Crippen LogP contribution in [0.25, 0.3) is 0 Å². The minimum atomic E-state index is -0.737. The molecule has 0 aromatic heterocycles. The number of hydrogen-bond acceptors (Lipinski definition) is 3. The first-order chi connectivity index (χ1) is 7.08. The molecule has 1 unspecified atom stereocenters. The van der Waals surface area contributed by atoms with Gasteiger partial charge in [-0.1, -0.05) is 39.5 Å². The average Bonchev–Trinajstić information content (AvgIpc) is 2.17. The van der Waals surface area contributed by atoms with Gasteiger partial charge in [-0.3, -0.25) is 5.73 Å². The molecule has 0 aliphatic rings. The molecule has 3 heteroatoms. The Morgan fingerprint density at radius 3 is 1.93 bits per heavy atom. The molecule has 0 amide bonds. The van der Waals surface area contributed by atoms with Gasteiger partial charge in [-0.25, -0.2) is 0 Å². The summed E-state index contributed by atoms with van der Waals surface area (Å²) in [6.45, 7) is 7.01. The first-order valence-electron chi connectivity index (χ1n) is 6.23. The highest BCUT2D eigenvalue weighted by atomic mass is 32.1. The van der Waals surface area contributed by atoms with E-state index < -0.39 is 5.06 Å². The molecule has 0 aliphatic carbocycles. The molecule has 0 spiro atoms. The van der Waals surface area contributed by atoms with Crippen LogP contribution in [-0.2, 0) is 4.74 Å². The van der Waals surface area contributed by atoms with Crippen LogP contribution in [0.2, 0.25) is 0 Å². The average molecular weight is 233 g/mol. The van der Waals surface area contributed by atoms with Crippen LogP contribution in [0.3, 0.4) is 0 Å². The largest absolute Gasteiger partial charge is 0.352 e. The van der Waals surface area contributed by atoms with Crippen LogP contribution in [-0.4, -0.2) is 11.7 Å². The first-order valence-corrected chi connectivity index (χ1v) is 6.68. The van der Waals surface area contributed by atoms with E-state index >= 15 is 0 Å². The summed E-state index contributed by atoms with van der Waals surface area (Å²) in [4.78, 5) is 0. The van der Waals surface area contributed by atoms with E-state index in [2.05, 4.69) is 26.5 Å². The topological polar surface area (TPSA) is 35.2 Å². The third kappa shape index (κ3) is 6.44. The number of unbranched alkanes of at least 4 members (excludes halogenated alkanes) is 2. The lowest BCUT2D eigenvalue weighted by Gasteiger charge is -2.33. The molecule has 2 N–H and O–H groups in total. The summed E-state index contributed by atoms with van der Waals surface area (Å²) in [5.41, 5.74) is 6.10. The molecule has 0 radical (unpaired) electrons. The minimum absolute atomic E-state index is 0.376. The Morgan fingerprint density at radius 2 is 1.60 bits per heavy atom. The van der Waals surface area contributed by atoms with Gasteiger partial charge in [0.1, 0.15) is 0 Å². The van der Waals surface area contributed by atoms with Crippen LogP contribution in [0, 0.1) is 5.92 Å². The Balaban J connectivity index is 4.17. The van der Waals surface area contributed by atoms with E-state index in [1.165, 1.54) is 25.7 Å². The minimum Gasteiger partial charge on any atom is -0.352 e. The summed E-state index contributed by atoms with van der Waals surface area (Å²) < 4.78 is 5.53. The second-order valence-corrected chi connectivity index (χ2v) is 4.87. The van der Waals surface area contributed by atoms with Gasteiger partial charge in [0, 0.05) is 12.5 Å². The summed E-state index contributed by atoms with van der Waals surface area (Å²) in [5, 5.41) is -0.737. The van der Waals surface area contributed by atoms with Gasteiger partial charge in [0.2, 0.25) is 0 Å². The molecule has 0 saturated heterocycles. The monoisotopic (exact) mass is 233 g/mol. The van der Waals surface area contributed by atoms with Crippen LogP contribution in [0.4, 0.5) is 0 Å². The van der Waals surface area contributed by atoms with E-state index in [4.69, 9.17) is 10.5 Å². The standard InChI is InChI=1S/C12H27NOS/c1-4-7-9-11(10-8-5-2)12(13,15)14-6-3/h11,15H,4-10,13H2,1-3H3. The highest BCUT2D eigenvalue weighted by molar-refractivity contribution is 7.81. The van der Waals surface area contributed by atoms with Crippen molar-refractivity contribution in [3.63, 3.8) is 0 Å². The van der Waals surface area contributed by atoms with Gasteiger partial charge < -0.3 is 4.74 Å². The van der Waals surface area contributed by atoms with Crippen molar-refractivity contribution in [3.8, 4) is 0 Å². The SMILES string of the molecule is CCCCC(CCCC)C(N)(S)OCC. The third-order valence-corrected chi connectivity index (χ3v) is 3.27. The molecular formula is C12H27NOS. The van der Waals surface area contributed by atoms with Crippen LogP contribution in [0.5, 0.6) is 0 Å². The van der Waals surface area contributed by atoms with Gasteiger partial charge in [0.15, 0.2) is 5.06 Å². The lowest BCUT2D eigenvalue weighted by Crippen LogP contribution is -2.44. The molecule has 0 aromatic rings. The van der Waals surface area contributed by atoms with Crippen LogP contribution in [0.15, 0.2) is 0 Å². The summed E-state index contributed by atoms with van der Waals surface area (Å²) in [7, 11) is 0. The van der Waals surface area contributed by atoms with Gasteiger partial charge in [-0.05, 0) is 19.8 Å². The Morgan fingerprint density at radius 1 is 1.13 bits per heavy atom. The highest BCUT2D eigenvalue weighted by Crippen LogP contribution is 2.30. The molecule has 0 aliphatic heterocycles. The van der Waals surface area contributed by atoms with Gasteiger partial charge >= 0.3 is 0 Å². The predicted molar refractivity (Wildman–Crippen MR) is 70.1 cm³/mol. The smallest absolute Gasteiger partial charge is 0.164 e. The van der Waals surface area contributed by atoms with E-state index in [9.17, 15) is 0 Å². The maximum absolute atomic E-state index is 6.10. The molecule has 0 aromatic carbocycles. The van der Waals surface area contributed by atoms with Crippen molar-refractivity contribution in [2.24, 2.45) is 11.7 Å². The van der Waals surface area contributed by atoms with E-state index in [0.717, 1.165) is 12.8 Å². The van der Waals surface area contributed by atoms with Crippen molar-refractivity contribution >= 4 is 12.6 Å². The van der Waals surface area contributed by atoms with E-state index in [1.807, 2.05) is 6.92 Å². The molecule has 1 atom stereocenters. The van der Waals surface area contributed by atoms with Crippen molar-refractivity contribution in [2.45, 2.75) is 64.4 Å². The predicted octanol–water partition coefficient (Wildman–Crippen LogP) is 3.56. The van der Waals surface area contributed by atoms with Crippen molar-refractivity contribution in [3.05, 3.63) is 0 Å². The van der Waals surface area contributed by atoms with Crippen LogP contribution in [0.1, 0.15) is 59.3 Å². The zero-order chi connectivity index (χ0) is 11.7. The fraction of sp³-hybridized carbons (Fsp3) is 1.00. The zero-order valence-electron chi connectivity index (χ0n) is 10.5. The highest BCUT2D eigenvalue weighted by Gasteiger charge is 2.30. The lowest BCUT2D eigenvalue weighted by atomic mass is 9.94. The molecule has 0 heterocycles.